The number of ether oxygens (including phenoxy) is 8. The molecule has 208 valence electrons. The average molecular weight is 661 g/mol. The highest BCUT2D eigenvalue weighted by Gasteiger charge is 2.83. The molecule has 7 fully saturated rings. The van der Waals surface area contributed by atoms with Crippen molar-refractivity contribution in [1.29, 1.82) is 0 Å². The zero-order valence-corrected chi connectivity index (χ0v) is 24.5. The van der Waals surface area contributed by atoms with E-state index in [-0.39, 0.29) is 42.0 Å². The second-order valence-corrected chi connectivity index (χ2v) is 13.3. The number of benzene rings is 1. The van der Waals surface area contributed by atoms with Gasteiger partial charge in [0.2, 0.25) is 11.6 Å². The first kappa shape index (κ1) is 26.4. The number of rotatable bonds is 8. The molecule has 7 heterocycles. The summed E-state index contributed by atoms with van der Waals surface area (Å²) in [6.07, 6.45) is 1.86. The molecular formula is C28H34ClIO8. The van der Waals surface area contributed by atoms with E-state index in [1.807, 2.05) is 24.3 Å². The number of methoxy groups -OCH3 is 1. The molecule has 6 bridgehead atoms. The highest BCUT2D eigenvalue weighted by Crippen LogP contribution is 2.64. The van der Waals surface area contributed by atoms with E-state index in [0.29, 0.717) is 19.3 Å². The summed E-state index contributed by atoms with van der Waals surface area (Å²) < 4.78 is 53.5. The Morgan fingerprint density at radius 1 is 1.05 bits per heavy atom. The molecule has 7 saturated heterocycles. The van der Waals surface area contributed by atoms with Crippen LogP contribution < -0.4 is 4.74 Å². The number of hydrogen-bond donors (Lipinski definition) is 0. The van der Waals surface area contributed by atoms with Crippen LogP contribution in [0.3, 0.4) is 0 Å². The third-order valence-electron chi connectivity index (χ3n) is 8.88. The quantitative estimate of drug-likeness (QED) is 0.280. The second kappa shape index (κ2) is 9.80. The lowest BCUT2D eigenvalue weighted by molar-refractivity contribution is -0.328. The maximum atomic E-state index is 7.00. The fourth-order valence-corrected chi connectivity index (χ4v) is 8.18. The van der Waals surface area contributed by atoms with Crippen LogP contribution in [0, 0.1) is 0 Å². The first-order valence-corrected chi connectivity index (χ1v) is 15.2. The summed E-state index contributed by atoms with van der Waals surface area (Å²) in [5, 5.41) is -0.103. The molecule has 12 unspecified atom stereocenters. The van der Waals surface area contributed by atoms with E-state index in [2.05, 4.69) is 36.1 Å². The first-order chi connectivity index (χ1) is 18.4. The van der Waals surface area contributed by atoms with Crippen LogP contribution in [0.5, 0.6) is 5.75 Å². The van der Waals surface area contributed by atoms with Gasteiger partial charge in [-0.25, -0.2) is 0 Å². The molecule has 0 saturated carbocycles. The van der Waals surface area contributed by atoms with E-state index in [1.165, 1.54) is 0 Å². The fraction of sp³-hybridized carbons (Fsp3) is 0.714. The molecule has 0 amide bonds. The molecule has 1 spiro atoms. The molecule has 12 atom stereocenters. The number of alkyl halides is 1. The smallest absolute Gasteiger partial charge is 0.233 e. The Balaban J connectivity index is 1.23. The molecule has 0 radical (unpaired) electrons. The van der Waals surface area contributed by atoms with Gasteiger partial charge in [-0.1, -0.05) is 25.6 Å². The third kappa shape index (κ3) is 4.02. The topological polar surface area (TPSA) is 73.8 Å². The minimum atomic E-state index is -1.14. The van der Waals surface area contributed by atoms with Crippen LogP contribution in [-0.2, 0) is 33.2 Å². The van der Waals surface area contributed by atoms with Crippen LogP contribution in [0.25, 0.3) is 0 Å². The highest BCUT2D eigenvalue weighted by molar-refractivity contribution is 14.1. The van der Waals surface area contributed by atoms with E-state index in [4.69, 9.17) is 49.5 Å². The van der Waals surface area contributed by atoms with Crippen LogP contribution in [0.2, 0.25) is 0 Å². The zero-order chi connectivity index (χ0) is 26.2. The van der Waals surface area contributed by atoms with Gasteiger partial charge in [0.05, 0.1) is 19.3 Å². The Labute approximate surface area is 241 Å². The van der Waals surface area contributed by atoms with Crippen molar-refractivity contribution < 1.29 is 37.9 Å². The summed E-state index contributed by atoms with van der Waals surface area (Å²) in [6.45, 7) is 6.17. The fourth-order valence-electron chi connectivity index (χ4n) is 7.09. The van der Waals surface area contributed by atoms with Gasteiger partial charge in [0.25, 0.3) is 0 Å². The predicted molar refractivity (Wildman–Crippen MR) is 145 cm³/mol. The van der Waals surface area contributed by atoms with Gasteiger partial charge in [-0.2, -0.15) is 0 Å². The lowest BCUT2D eigenvalue weighted by atomic mass is 9.86. The van der Waals surface area contributed by atoms with Gasteiger partial charge < -0.3 is 37.9 Å². The predicted octanol–water partition coefficient (Wildman–Crippen LogP) is 5.15. The third-order valence-corrected chi connectivity index (χ3v) is 9.69. The number of allylic oxidation sites excluding steroid dienone is 1. The molecule has 1 aromatic carbocycles. The van der Waals surface area contributed by atoms with Crippen molar-refractivity contribution in [2.45, 2.75) is 118 Å². The maximum absolute atomic E-state index is 7.00. The lowest BCUT2D eigenvalue weighted by Crippen LogP contribution is -2.62. The molecule has 7 aliphatic rings. The molecular weight excluding hydrogens is 627 g/mol. The Hall–Kier alpha value is -0.500. The summed E-state index contributed by atoms with van der Waals surface area (Å²) in [6, 6.07) is 7.68. The summed E-state index contributed by atoms with van der Waals surface area (Å²) in [7, 11) is 1.65. The molecule has 8 nitrogen and oxygen atoms in total. The SMILES string of the molecule is C=C(I)CC(Cl)CCC12OC3C4OC(CC)CCC4OC4C3OC3(OC(c5ccc(OC)cc5)OC13)C4O2. The molecule has 0 aliphatic carbocycles. The van der Waals surface area contributed by atoms with E-state index in [0.717, 1.165) is 34.2 Å². The Bertz CT molecular complexity index is 1070. The number of hydrogen-bond acceptors (Lipinski definition) is 8. The van der Waals surface area contributed by atoms with Gasteiger partial charge >= 0.3 is 0 Å². The van der Waals surface area contributed by atoms with Crippen molar-refractivity contribution >= 4 is 34.2 Å². The standard InChI is InChI=1S/C28H34ClIO8/c1-4-17-9-10-19-20(32-17)21-22-23(33-19)24-28(36-22)26(27(35-21,37-24)12-11-16(29)13-14(2)30)34-25(38-28)15-5-7-18(31-3)8-6-15/h5-8,16-17,19-26H,2,4,9-13H2,1,3H3. The summed E-state index contributed by atoms with van der Waals surface area (Å²) in [4.78, 5) is 0. The van der Waals surface area contributed by atoms with Crippen molar-refractivity contribution in [3.63, 3.8) is 0 Å². The summed E-state index contributed by atoms with van der Waals surface area (Å²) in [5.74, 6) is -1.47. The molecule has 10 heteroatoms. The van der Waals surface area contributed by atoms with Crippen molar-refractivity contribution in [1.82, 2.24) is 0 Å². The van der Waals surface area contributed by atoms with Crippen molar-refractivity contribution in [3.8, 4) is 5.75 Å². The molecule has 0 N–H and O–H groups in total. The van der Waals surface area contributed by atoms with Gasteiger partial charge in [0.15, 0.2) is 12.4 Å². The van der Waals surface area contributed by atoms with Crippen LogP contribution in [-0.4, -0.2) is 72.9 Å². The van der Waals surface area contributed by atoms with Crippen molar-refractivity contribution in [2.75, 3.05) is 7.11 Å². The monoisotopic (exact) mass is 660 g/mol. The molecule has 38 heavy (non-hydrogen) atoms. The molecule has 7 aliphatic heterocycles. The van der Waals surface area contributed by atoms with Gasteiger partial charge in [-0.3, -0.25) is 0 Å². The highest BCUT2D eigenvalue weighted by atomic mass is 127. The van der Waals surface area contributed by atoms with Crippen molar-refractivity contribution in [3.05, 3.63) is 40.0 Å². The van der Waals surface area contributed by atoms with Gasteiger partial charge in [0, 0.05) is 17.4 Å². The largest absolute Gasteiger partial charge is 0.497 e. The Kier molecular flexibility index (Phi) is 6.81. The molecule has 8 rings (SSSR count). The molecule has 0 aromatic heterocycles. The van der Waals surface area contributed by atoms with E-state index >= 15 is 0 Å². The number of halogens is 2. The van der Waals surface area contributed by atoms with Gasteiger partial charge in [0.1, 0.15) is 36.3 Å². The Morgan fingerprint density at radius 3 is 2.58 bits per heavy atom. The zero-order valence-electron chi connectivity index (χ0n) is 21.6. The van der Waals surface area contributed by atoms with Gasteiger partial charge in [-0.15, -0.1) is 11.6 Å². The minimum Gasteiger partial charge on any atom is -0.497 e. The Morgan fingerprint density at radius 2 is 1.84 bits per heavy atom. The molecule has 1 aromatic rings. The van der Waals surface area contributed by atoms with E-state index < -0.39 is 30.1 Å². The van der Waals surface area contributed by atoms with Crippen LogP contribution >= 0.6 is 34.2 Å². The van der Waals surface area contributed by atoms with Crippen molar-refractivity contribution in [2.24, 2.45) is 0 Å². The number of fused-ring (bicyclic) bond motifs is 1. The van der Waals surface area contributed by atoms with E-state index in [9.17, 15) is 0 Å². The van der Waals surface area contributed by atoms with Crippen LogP contribution in [0.4, 0.5) is 0 Å². The minimum absolute atomic E-state index is 0.0657. The van der Waals surface area contributed by atoms with E-state index in [1.54, 1.807) is 7.11 Å². The first-order valence-electron chi connectivity index (χ1n) is 13.6. The normalized spacial score (nSPS) is 46.9. The maximum Gasteiger partial charge on any atom is 0.233 e. The summed E-state index contributed by atoms with van der Waals surface area (Å²) in [5.41, 5.74) is 0.873. The second-order valence-electron chi connectivity index (χ2n) is 11.2. The van der Waals surface area contributed by atoms with Crippen LogP contribution in [0.1, 0.15) is 57.3 Å². The lowest BCUT2D eigenvalue weighted by Gasteiger charge is -2.47. The summed E-state index contributed by atoms with van der Waals surface area (Å²) >= 11 is 8.95. The average Bonchev–Trinajstić information content (AvgIpc) is 3.46. The van der Waals surface area contributed by atoms with Gasteiger partial charge in [-0.05, 0) is 70.4 Å². The van der Waals surface area contributed by atoms with Crippen LogP contribution in [0.15, 0.2) is 34.4 Å².